The van der Waals surface area contributed by atoms with Crippen molar-refractivity contribution in [3.05, 3.63) is 142 Å². The molecular weight excluding hydrogens is 901 g/mol. The Kier molecular flexibility index (Phi) is 33.8. The molecule has 0 aliphatic heterocycles. The van der Waals surface area contributed by atoms with Gasteiger partial charge in [0.15, 0.2) is 0 Å². The summed E-state index contributed by atoms with van der Waals surface area (Å²) in [6.45, 7) is 10.3. The van der Waals surface area contributed by atoms with Gasteiger partial charge < -0.3 is 28.8 Å². The highest BCUT2D eigenvalue weighted by Crippen LogP contribution is 2.16. The fourth-order valence-electron chi connectivity index (χ4n) is 7.05. The van der Waals surface area contributed by atoms with Crippen molar-refractivity contribution < 1.29 is 57.6 Å². The number of unbranched alkanes of at least 4 members (excludes halogenated alkanes) is 14. The van der Waals surface area contributed by atoms with Crippen LogP contribution in [0.5, 0.6) is 0 Å². The molecule has 4 aromatic carbocycles. The molecule has 0 amide bonds. The number of aryl methyl sites for hydroxylation is 1. The highest BCUT2D eigenvalue weighted by molar-refractivity contribution is 6.04. The highest BCUT2D eigenvalue weighted by atomic mass is 16.5. The third kappa shape index (κ3) is 26.5. The first-order valence-electron chi connectivity index (χ1n) is 26.0. The average molecular weight is 981 g/mol. The van der Waals surface area contributed by atoms with E-state index in [1.807, 2.05) is 32.0 Å². The second kappa shape index (κ2) is 39.4. The van der Waals surface area contributed by atoms with Gasteiger partial charge in [0.25, 0.3) is 0 Å². The van der Waals surface area contributed by atoms with Crippen molar-refractivity contribution in [1.82, 2.24) is 0 Å². The van der Waals surface area contributed by atoms with E-state index in [0.717, 1.165) is 77.0 Å². The van der Waals surface area contributed by atoms with Gasteiger partial charge in [-0.25, -0.2) is 28.8 Å². The SMILES string of the molecule is CCCCCCCCOC(=O)c1ccccc1C(=O)OCCCCCCCC.CCCCOC(=O)c1ccccc1C(=O)OCCCC.O=C(O)c1ccccc1C(=O)OCCCCCc1ccccc1. The first-order chi connectivity index (χ1) is 34.6. The summed E-state index contributed by atoms with van der Waals surface area (Å²) in [6.07, 6.45) is 20.9. The zero-order chi connectivity index (χ0) is 51.7. The molecule has 1 N–H and O–H groups in total. The Morgan fingerprint density at radius 1 is 0.310 bits per heavy atom. The summed E-state index contributed by atoms with van der Waals surface area (Å²) in [5.41, 5.74) is 2.50. The molecule has 0 saturated carbocycles. The Morgan fingerprint density at radius 3 is 0.887 bits per heavy atom. The van der Waals surface area contributed by atoms with Crippen molar-refractivity contribution in [2.75, 3.05) is 33.0 Å². The summed E-state index contributed by atoms with van der Waals surface area (Å²) in [6, 6.07) is 29.7. The van der Waals surface area contributed by atoms with Crippen molar-refractivity contribution in [2.45, 2.75) is 156 Å². The minimum absolute atomic E-state index is 0.0263. The summed E-state index contributed by atoms with van der Waals surface area (Å²) in [4.78, 5) is 71.6. The van der Waals surface area contributed by atoms with E-state index in [4.69, 9.17) is 28.8 Å². The van der Waals surface area contributed by atoms with Crippen molar-refractivity contribution >= 4 is 35.8 Å². The van der Waals surface area contributed by atoms with Crippen LogP contribution in [-0.2, 0) is 30.1 Å². The number of carboxylic acid groups (broad SMARTS) is 1. The Bertz CT molecular complexity index is 2020. The maximum atomic E-state index is 12.4. The Morgan fingerprint density at radius 2 is 0.563 bits per heavy atom. The van der Waals surface area contributed by atoms with Gasteiger partial charge in [0.1, 0.15) is 0 Å². The number of aromatic carboxylic acids is 1. The van der Waals surface area contributed by atoms with Gasteiger partial charge in [-0.15, -0.1) is 0 Å². The summed E-state index contributed by atoms with van der Waals surface area (Å²) in [5.74, 6) is -3.53. The molecule has 0 fully saturated rings. The van der Waals surface area contributed by atoms with Gasteiger partial charge in [-0.3, -0.25) is 0 Å². The molecule has 0 atom stereocenters. The van der Waals surface area contributed by atoms with Gasteiger partial charge in [0.05, 0.1) is 66.4 Å². The number of carbonyl (C=O) groups excluding carboxylic acids is 5. The molecule has 4 aromatic rings. The summed E-state index contributed by atoms with van der Waals surface area (Å²) in [7, 11) is 0. The van der Waals surface area contributed by atoms with Crippen LogP contribution in [0, 0.1) is 0 Å². The molecular formula is C59H80O12. The molecule has 0 bridgehead atoms. The smallest absolute Gasteiger partial charge is 0.339 e. The van der Waals surface area contributed by atoms with Gasteiger partial charge in [0.2, 0.25) is 0 Å². The number of carboxylic acids is 1. The van der Waals surface area contributed by atoms with Gasteiger partial charge >= 0.3 is 35.8 Å². The number of benzene rings is 4. The van der Waals surface area contributed by atoms with Crippen LogP contribution in [0.2, 0.25) is 0 Å². The van der Waals surface area contributed by atoms with Crippen LogP contribution in [0.1, 0.15) is 217 Å². The van der Waals surface area contributed by atoms with Crippen LogP contribution < -0.4 is 0 Å². The predicted molar refractivity (Wildman–Crippen MR) is 278 cm³/mol. The number of carbonyl (C=O) groups is 6. The van der Waals surface area contributed by atoms with E-state index >= 15 is 0 Å². The number of rotatable bonds is 32. The molecule has 388 valence electrons. The zero-order valence-electron chi connectivity index (χ0n) is 42.9. The monoisotopic (exact) mass is 981 g/mol. The summed E-state index contributed by atoms with van der Waals surface area (Å²) < 4.78 is 26.2. The maximum absolute atomic E-state index is 12.4. The molecule has 12 nitrogen and oxygen atoms in total. The van der Waals surface area contributed by atoms with Gasteiger partial charge in [-0.05, 0) is 93.3 Å². The van der Waals surface area contributed by atoms with Crippen molar-refractivity contribution in [3.63, 3.8) is 0 Å². The standard InChI is InChI=1S/C24H38O4.C19H20O4.C16H22O4/c1-3-5-7-9-11-15-19-27-23(25)21-17-13-14-18-22(21)24(26)28-20-16-12-10-8-6-4-2;20-18(21)16-12-6-7-13-17(16)19(22)23-14-8-2-5-11-15-9-3-1-4-10-15;1-3-5-11-19-15(17)13-9-7-8-10-14(13)16(18)20-12-6-4-2/h13-14,17-18H,3-12,15-16,19-20H2,1-2H3;1,3-4,6-7,9-10,12-13H,2,5,8,11,14H2,(H,20,21);7-10H,3-6,11-12H2,1-2H3. The van der Waals surface area contributed by atoms with E-state index in [2.05, 4.69) is 26.0 Å². The van der Waals surface area contributed by atoms with Crippen LogP contribution in [0.4, 0.5) is 0 Å². The molecule has 0 saturated heterocycles. The fraction of sp³-hybridized carbons (Fsp3) is 0.492. The molecule has 0 aromatic heterocycles. The lowest BCUT2D eigenvalue weighted by atomic mass is 10.1. The quantitative estimate of drug-likeness (QED) is 0.0280. The minimum Gasteiger partial charge on any atom is -0.478 e. The van der Waals surface area contributed by atoms with E-state index in [0.29, 0.717) is 44.2 Å². The normalized spacial score (nSPS) is 10.4. The van der Waals surface area contributed by atoms with Crippen molar-refractivity contribution in [1.29, 1.82) is 0 Å². The lowest BCUT2D eigenvalue weighted by molar-refractivity contribution is 0.0450. The van der Waals surface area contributed by atoms with Crippen LogP contribution in [-0.4, -0.2) is 74.0 Å². The number of esters is 5. The van der Waals surface area contributed by atoms with Gasteiger partial charge in [0, 0.05) is 0 Å². The summed E-state index contributed by atoms with van der Waals surface area (Å²) >= 11 is 0. The molecule has 0 heterocycles. The van der Waals surface area contributed by atoms with E-state index in [-0.39, 0.29) is 22.3 Å². The van der Waals surface area contributed by atoms with Crippen molar-refractivity contribution in [3.8, 4) is 0 Å². The third-order valence-corrected chi connectivity index (χ3v) is 11.2. The molecule has 4 rings (SSSR count). The van der Waals surface area contributed by atoms with Gasteiger partial charge in [-0.2, -0.15) is 0 Å². The lowest BCUT2D eigenvalue weighted by Gasteiger charge is -2.10. The summed E-state index contributed by atoms with van der Waals surface area (Å²) in [5, 5.41) is 9.06. The Labute approximate surface area is 423 Å². The number of ether oxygens (including phenoxy) is 5. The molecule has 71 heavy (non-hydrogen) atoms. The van der Waals surface area contributed by atoms with Crippen LogP contribution in [0.15, 0.2) is 103 Å². The highest BCUT2D eigenvalue weighted by Gasteiger charge is 2.20. The molecule has 12 heteroatoms. The average Bonchev–Trinajstić information content (AvgIpc) is 3.39. The van der Waals surface area contributed by atoms with Gasteiger partial charge in [-0.1, -0.05) is 171 Å². The number of hydrogen-bond donors (Lipinski definition) is 1. The minimum atomic E-state index is -1.12. The maximum Gasteiger partial charge on any atom is 0.339 e. The first kappa shape index (κ1) is 60.8. The fourth-order valence-corrected chi connectivity index (χ4v) is 7.05. The van der Waals surface area contributed by atoms with Crippen LogP contribution in [0.25, 0.3) is 0 Å². The first-order valence-corrected chi connectivity index (χ1v) is 26.0. The van der Waals surface area contributed by atoms with E-state index in [1.165, 1.54) is 69.1 Å². The third-order valence-electron chi connectivity index (χ3n) is 11.2. The van der Waals surface area contributed by atoms with Crippen LogP contribution in [0.3, 0.4) is 0 Å². The second-order valence-electron chi connectivity index (χ2n) is 17.2. The molecule has 0 spiro atoms. The predicted octanol–water partition coefficient (Wildman–Crippen LogP) is 14.3. The van der Waals surface area contributed by atoms with E-state index in [1.54, 1.807) is 60.7 Å². The molecule has 0 aliphatic carbocycles. The second-order valence-corrected chi connectivity index (χ2v) is 17.2. The van der Waals surface area contributed by atoms with Crippen LogP contribution >= 0.6 is 0 Å². The zero-order valence-corrected chi connectivity index (χ0v) is 42.9. The Balaban J connectivity index is 0.000000370. The molecule has 0 unspecified atom stereocenters. The van der Waals surface area contributed by atoms with E-state index in [9.17, 15) is 28.8 Å². The number of hydrogen-bond acceptors (Lipinski definition) is 11. The van der Waals surface area contributed by atoms with E-state index < -0.39 is 35.8 Å². The molecule has 0 aliphatic rings. The Hall–Kier alpha value is -6.30. The van der Waals surface area contributed by atoms with Crippen molar-refractivity contribution in [2.24, 2.45) is 0 Å². The molecule has 0 radical (unpaired) electrons. The lowest BCUT2D eigenvalue weighted by Crippen LogP contribution is -2.15. The largest absolute Gasteiger partial charge is 0.478 e. The topological polar surface area (TPSA) is 169 Å².